The molecule has 3 aromatic carbocycles. The van der Waals surface area contributed by atoms with E-state index < -0.39 is 0 Å². The predicted molar refractivity (Wildman–Crippen MR) is 178 cm³/mol. The second-order valence-corrected chi connectivity index (χ2v) is 12.2. The Hall–Kier alpha value is -4.56. The smallest absolute Gasteiger partial charge is 0.150 e. The molecule has 1 aliphatic carbocycles. The number of halogens is 1. The molecule has 0 bridgehead atoms. The van der Waals surface area contributed by atoms with Crippen LogP contribution < -0.4 is 11.1 Å². The number of nitrogens with zero attached hydrogens (tertiary/aromatic N) is 4. The van der Waals surface area contributed by atoms with Crippen molar-refractivity contribution in [3.8, 4) is 11.3 Å². The lowest BCUT2D eigenvalue weighted by molar-refractivity contribution is 0.415. The lowest BCUT2D eigenvalue weighted by Gasteiger charge is -2.24. The summed E-state index contributed by atoms with van der Waals surface area (Å²) in [5.41, 5.74) is 16.1. The summed E-state index contributed by atoms with van der Waals surface area (Å²) in [4.78, 5) is 18.4. The quantitative estimate of drug-likeness (QED) is 0.171. The predicted octanol–water partition coefficient (Wildman–Crippen LogP) is 7.53. The number of rotatable bonds is 8. The van der Waals surface area contributed by atoms with Crippen LogP contribution in [-0.2, 0) is 6.42 Å². The maximum atomic E-state index is 12.7. The fraction of sp³-hybridized carbons (Fsp3) is 0.306. The third kappa shape index (κ3) is 4.93. The first kappa shape index (κ1) is 28.2. The number of nitrogens with one attached hydrogen (secondary N) is 2. The number of para-hydroxylation sites is 1. The van der Waals surface area contributed by atoms with Crippen LogP contribution in [0.5, 0.6) is 0 Å². The van der Waals surface area contributed by atoms with Gasteiger partial charge in [-0.15, -0.1) is 0 Å². The lowest BCUT2D eigenvalue weighted by atomic mass is 9.93. The van der Waals surface area contributed by atoms with Gasteiger partial charge in [-0.1, -0.05) is 68.5 Å². The average molecular weight is 588 g/mol. The molecule has 6 aromatic rings. The minimum absolute atomic E-state index is 0.169. The molecule has 8 heteroatoms. The van der Waals surface area contributed by atoms with Crippen LogP contribution in [0, 0.1) is 6.92 Å². The molecular formula is C36H38FN7. The van der Waals surface area contributed by atoms with Crippen LogP contribution in [0.15, 0.2) is 66.9 Å². The van der Waals surface area contributed by atoms with Crippen molar-refractivity contribution in [2.24, 2.45) is 0 Å². The molecule has 7 rings (SSSR count). The zero-order valence-corrected chi connectivity index (χ0v) is 25.5. The van der Waals surface area contributed by atoms with Gasteiger partial charge >= 0.3 is 0 Å². The number of nitrogens with two attached hydrogens (primary N) is 1. The van der Waals surface area contributed by atoms with Crippen molar-refractivity contribution < 1.29 is 4.39 Å². The van der Waals surface area contributed by atoms with Gasteiger partial charge in [0.25, 0.3) is 0 Å². The number of hydrogen-bond acceptors (Lipinski definition) is 5. The van der Waals surface area contributed by atoms with E-state index in [4.69, 9.17) is 15.7 Å². The van der Waals surface area contributed by atoms with E-state index in [2.05, 4.69) is 101 Å². The van der Waals surface area contributed by atoms with Gasteiger partial charge in [-0.05, 0) is 59.7 Å². The van der Waals surface area contributed by atoms with Gasteiger partial charge in [0.15, 0.2) is 0 Å². The molecule has 0 radical (unpaired) electrons. The Bertz CT molecular complexity index is 2030. The molecule has 3 heterocycles. The highest BCUT2D eigenvalue weighted by Crippen LogP contribution is 2.39. The summed E-state index contributed by atoms with van der Waals surface area (Å²) in [5.74, 6) is 2.54. The first-order valence-electron chi connectivity index (χ1n) is 15.5. The van der Waals surface area contributed by atoms with Crippen molar-refractivity contribution in [3.63, 3.8) is 0 Å². The van der Waals surface area contributed by atoms with E-state index >= 15 is 0 Å². The van der Waals surface area contributed by atoms with Gasteiger partial charge in [-0.3, -0.25) is 4.40 Å². The SMILES string of the molecule is Cc1cccc2[nH]c(Cc3ccc(-c4nc(C(C)C)n5c(C6=CCC(NCCF)CC6)cnc(N)c45)c4ccccc34)nc12. The molecule has 0 saturated carbocycles. The lowest BCUT2D eigenvalue weighted by Crippen LogP contribution is -2.32. The monoisotopic (exact) mass is 587 g/mol. The fourth-order valence-corrected chi connectivity index (χ4v) is 6.69. The van der Waals surface area contributed by atoms with Crippen molar-refractivity contribution in [2.45, 2.75) is 58.4 Å². The molecule has 1 aliphatic rings. The van der Waals surface area contributed by atoms with Crippen molar-refractivity contribution >= 4 is 38.7 Å². The summed E-state index contributed by atoms with van der Waals surface area (Å²) in [6.07, 6.45) is 7.54. The zero-order chi connectivity index (χ0) is 30.4. The minimum Gasteiger partial charge on any atom is -0.382 e. The molecule has 0 saturated heterocycles. The first-order valence-corrected chi connectivity index (χ1v) is 15.5. The summed E-state index contributed by atoms with van der Waals surface area (Å²) in [5, 5.41) is 5.60. The summed E-state index contributed by atoms with van der Waals surface area (Å²) in [6.45, 7) is 6.48. The van der Waals surface area contributed by atoms with E-state index in [-0.39, 0.29) is 12.6 Å². The molecule has 7 nitrogen and oxygen atoms in total. The fourth-order valence-electron chi connectivity index (χ4n) is 6.69. The van der Waals surface area contributed by atoms with Crippen LogP contribution in [0.4, 0.5) is 10.2 Å². The second-order valence-electron chi connectivity index (χ2n) is 12.2. The molecule has 0 amide bonds. The van der Waals surface area contributed by atoms with Gasteiger partial charge in [0.05, 0.1) is 22.9 Å². The van der Waals surface area contributed by atoms with E-state index in [0.717, 1.165) is 69.8 Å². The van der Waals surface area contributed by atoms with E-state index in [1.807, 2.05) is 6.20 Å². The Balaban J connectivity index is 1.34. The van der Waals surface area contributed by atoms with Crippen LogP contribution >= 0.6 is 0 Å². The number of benzene rings is 3. The van der Waals surface area contributed by atoms with Crippen molar-refractivity contribution in [3.05, 3.63) is 95.3 Å². The van der Waals surface area contributed by atoms with Crippen LogP contribution in [0.3, 0.4) is 0 Å². The van der Waals surface area contributed by atoms with Gasteiger partial charge in [-0.25, -0.2) is 19.3 Å². The number of aromatic amines is 1. The molecule has 4 N–H and O–H groups in total. The van der Waals surface area contributed by atoms with Crippen LogP contribution in [0.2, 0.25) is 0 Å². The topological polar surface area (TPSA) is 96.9 Å². The molecule has 0 aliphatic heterocycles. The van der Waals surface area contributed by atoms with Gasteiger partial charge < -0.3 is 16.0 Å². The molecule has 224 valence electrons. The molecule has 44 heavy (non-hydrogen) atoms. The van der Waals surface area contributed by atoms with Crippen LogP contribution in [0.1, 0.15) is 67.5 Å². The number of fused-ring (bicyclic) bond motifs is 3. The number of alkyl halides is 1. The van der Waals surface area contributed by atoms with Crippen molar-refractivity contribution in [2.75, 3.05) is 19.0 Å². The standard InChI is InChI=1S/C36H38FN7/c1-21(2)36-43-33(34-35(38)40-20-30(44(34)36)23-11-14-25(15-12-23)39-18-17-37)28-16-13-24(26-8-4-5-9-27(26)28)19-31-41-29-10-6-7-22(3)32(29)42-31/h4-11,13,16,20-21,25,39H,12,14-15,17-19H2,1-3H3,(H2,38,40)(H,41,42). The number of nitrogen functional groups attached to an aromatic ring is 1. The van der Waals surface area contributed by atoms with E-state index in [9.17, 15) is 4.39 Å². The number of H-pyrrole nitrogens is 1. The van der Waals surface area contributed by atoms with Gasteiger partial charge in [0.1, 0.15) is 35.4 Å². The first-order chi connectivity index (χ1) is 21.4. The summed E-state index contributed by atoms with van der Waals surface area (Å²) < 4.78 is 14.9. The number of allylic oxidation sites excluding steroid dienone is 1. The highest BCUT2D eigenvalue weighted by Gasteiger charge is 2.25. The Morgan fingerprint density at radius 3 is 2.66 bits per heavy atom. The van der Waals surface area contributed by atoms with Crippen molar-refractivity contribution in [1.29, 1.82) is 0 Å². The average Bonchev–Trinajstić information content (AvgIpc) is 3.64. The molecular weight excluding hydrogens is 549 g/mol. The zero-order valence-electron chi connectivity index (χ0n) is 25.5. The number of hydrogen-bond donors (Lipinski definition) is 3. The summed E-state index contributed by atoms with van der Waals surface area (Å²) in [7, 11) is 0. The van der Waals surface area contributed by atoms with Crippen LogP contribution in [-0.4, -0.2) is 43.6 Å². The highest BCUT2D eigenvalue weighted by molar-refractivity contribution is 6.02. The van der Waals surface area contributed by atoms with E-state index in [0.29, 0.717) is 24.8 Å². The Morgan fingerprint density at radius 2 is 1.91 bits per heavy atom. The number of aromatic nitrogens is 5. The van der Waals surface area contributed by atoms with Gasteiger partial charge in [0.2, 0.25) is 0 Å². The Kier molecular flexibility index (Phi) is 7.38. The molecule has 1 atom stereocenters. The number of imidazole rings is 2. The van der Waals surface area contributed by atoms with Crippen molar-refractivity contribution in [1.82, 2.24) is 29.7 Å². The van der Waals surface area contributed by atoms with E-state index in [1.165, 1.54) is 22.1 Å². The largest absolute Gasteiger partial charge is 0.382 e. The summed E-state index contributed by atoms with van der Waals surface area (Å²) in [6, 6.07) is 19.4. The maximum Gasteiger partial charge on any atom is 0.150 e. The van der Waals surface area contributed by atoms with E-state index in [1.54, 1.807) is 0 Å². The third-order valence-electron chi connectivity index (χ3n) is 8.89. The molecule has 3 aromatic heterocycles. The van der Waals surface area contributed by atoms with Gasteiger partial charge in [0, 0.05) is 30.5 Å². The molecule has 0 spiro atoms. The molecule has 0 fully saturated rings. The van der Waals surface area contributed by atoms with Crippen LogP contribution in [0.25, 0.3) is 44.2 Å². The number of anilines is 1. The molecule has 1 unspecified atom stereocenters. The summed E-state index contributed by atoms with van der Waals surface area (Å²) >= 11 is 0. The third-order valence-corrected chi connectivity index (χ3v) is 8.89. The Morgan fingerprint density at radius 1 is 1.07 bits per heavy atom. The maximum absolute atomic E-state index is 12.7. The van der Waals surface area contributed by atoms with Gasteiger partial charge in [-0.2, -0.15) is 0 Å². The highest BCUT2D eigenvalue weighted by atomic mass is 19.1. The second kappa shape index (κ2) is 11.5. The Labute approximate surface area is 256 Å². The normalized spacial score (nSPS) is 15.6. The minimum atomic E-state index is -0.347. The number of aryl methyl sites for hydroxylation is 1.